The van der Waals surface area contributed by atoms with E-state index in [0.29, 0.717) is 26.2 Å². The minimum Gasteiger partial charge on any atom is -0.369 e. The zero-order valence-electron chi connectivity index (χ0n) is 15.4. The summed E-state index contributed by atoms with van der Waals surface area (Å²) in [6.07, 6.45) is 0. The molecule has 0 bridgehead atoms. The summed E-state index contributed by atoms with van der Waals surface area (Å²) in [7, 11) is -5.19. The first kappa shape index (κ1) is 20.9. The van der Waals surface area contributed by atoms with Crippen molar-refractivity contribution in [2.24, 2.45) is 0 Å². The number of hydrogen-bond donors (Lipinski definition) is 2. The Morgan fingerprint density at radius 2 is 1.77 bits per heavy atom. The van der Waals surface area contributed by atoms with Gasteiger partial charge in [0.25, 0.3) is 0 Å². The van der Waals surface area contributed by atoms with Gasteiger partial charge in [0.1, 0.15) is 19.9 Å². The van der Waals surface area contributed by atoms with Gasteiger partial charge in [0.15, 0.2) is 0 Å². The molecule has 1 aliphatic rings. The first-order valence-electron chi connectivity index (χ1n) is 8.51. The van der Waals surface area contributed by atoms with Crippen molar-refractivity contribution < 1.29 is 18.0 Å². The molecule has 6 nitrogen and oxygen atoms in total. The topological polar surface area (TPSA) is 72.9 Å². The van der Waals surface area contributed by atoms with Crippen LogP contribution in [0.5, 0.6) is 0 Å². The molecule has 0 radical (unpaired) electrons. The maximum atomic E-state index is 13.0. The molecule has 2 N–H and O–H groups in total. The third-order valence-corrected chi connectivity index (χ3v) is 6.78. The first-order chi connectivity index (χ1) is 12.1. The average Bonchev–Trinajstić information content (AvgIpc) is 2.58. The first-order valence-corrected chi connectivity index (χ1v) is 13.6. The van der Waals surface area contributed by atoms with Crippen molar-refractivity contribution >= 4 is 23.8 Å². The molecular weight excluding hydrogens is 373 g/mol. The molecule has 2 rings (SSSR count). The van der Waals surface area contributed by atoms with E-state index < -0.39 is 24.1 Å². The van der Waals surface area contributed by atoms with Crippen LogP contribution in [-0.4, -0.2) is 64.0 Å². The van der Waals surface area contributed by atoms with E-state index in [1.54, 1.807) is 12.1 Å². The zero-order chi connectivity index (χ0) is 19.4. The van der Waals surface area contributed by atoms with Crippen LogP contribution in [-0.2, 0) is 10.0 Å². The number of piperazine rings is 1. The van der Waals surface area contributed by atoms with E-state index in [4.69, 9.17) is 0 Å². The lowest BCUT2D eigenvalue weighted by Crippen LogP contribution is -2.51. The van der Waals surface area contributed by atoms with Gasteiger partial charge in [-0.25, -0.2) is 12.8 Å². The second kappa shape index (κ2) is 8.50. The van der Waals surface area contributed by atoms with Gasteiger partial charge in [0.2, 0.25) is 10.0 Å². The summed E-state index contributed by atoms with van der Waals surface area (Å²) in [5, 5.41) is 9.24. The van der Waals surface area contributed by atoms with Gasteiger partial charge < -0.3 is 10.1 Å². The fraction of sp³-hybridized carbons (Fsp3) is 0.529. The van der Waals surface area contributed by atoms with Gasteiger partial charge in [-0.3, -0.25) is 0 Å². The van der Waals surface area contributed by atoms with E-state index >= 15 is 0 Å². The highest BCUT2D eigenvalue weighted by molar-refractivity contribution is 7.89. The summed E-state index contributed by atoms with van der Waals surface area (Å²) in [6.45, 7) is 7.91. The van der Waals surface area contributed by atoms with Gasteiger partial charge in [-0.15, -0.1) is 5.54 Å². The normalized spacial score (nSPS) is 17.5. The number of anilines is 1. The Hall–Kier alpha value is -1.44. The highest BCUT2D eigenvalue weighted by atomic mass is 32.2. The molecule has 1 fully saturated rings. The molecule has 1 aliphatic heterocycles. The van der Waals surface area contributed by atoms with Crippen molar-refractivity contribution in [1.29, 1.82) is 0 Å². The Bertz CT molecular complexity index is 761. The number of hydroxylamine groups is 1. The van der Waals surface area contributed by atoms with Crippen LogP contribution in [0.4, 0.5) is 10.1 Å². The van der Waals surface area contributed by atoms with E-state index in [2.05, 4.69) is 31.1 Å². The highest BCUT2D eigenvalue weighted by Crippen LogP contribution is 2.18. The number of nitrogens with one attached hydrogen (secondary N) is 1. The third-order valence-electron chi connectivity index (χ3n) is 3.98. The number of rotatable bonds is 5. The molecule has 9 heteroatoms. The largest absolute Gasteiger partial charge is 0.369 e. The number of benzene rings is 1. The quantitative estimate of drug-likeness (QED) is 0.446. The SMILES string of the molecule is C[Si](C)(C)C#CC(CS(=O)(=O)N1CCN(c2ccc(F)cc2)CC1)NO. The molecule has 1 unspecified atom stereocenters. The predicted molar refractivity (Wildman–Crippen MR) is 104 cm³/mol. The lowest BCUT2D eigenvalue weighted by Gasteiger charge is -2.35. The van der Waals surface area contributed by atoms with Crippen molar-refractivity contribution in [2.45, 2.75) is 25.7 Å². The van der Waals surface area contributed by atoms with Crippen LogP contribution in [0.15, 0.2) is 24.3 Å². The Morgan fingerprint density at radius 1 is 1.19 bits per heavy atom. The molecular formula is C17H26FN3O3SSi. The smallest absolute Gasteiger partial charge is 0.216 e. The van der Waals surface area contributed by atoms with E-state index in [9.17, 15) is 18.0 Å². The highest BCUT2D eigenvalue weighted by Gasteiger charge is 2.29. The Labute approximate surface area is 156 Å². The lowest BCUT2D eigenvalue weighted by molar-refractivity contribution is 0.153. The van der Waals surface area contributed by atoms with E-state index in [1.165, 1.54) is 16.4 Å². The minimum absolute atomic E-state index is 0.266. The predicted octanol–water partition coefficient (Wildman–Crippen LogP) is 1.51. The van der Waals surface area contributed by atoms with Crippen LogP contribution in [0, 0.1) is 17.3 Å². The molecule has 0 spiro atoms. The number of hydrogen-bond acceptors (Lipinski definition) is 5. The van der Waals surface area contributed by atoms with Crippen molar-refractivity contribution in [1.82, 2.24) is 9.79 Å². The molecule has 0 aliphatic carbocycles. The molecule has 1 saturated heterocycles. The van der Waals surface area contributed by atoms with Crippen molar-refractivity contribution in [2.75, 3.05) is 36.8 Å². The molecule has 1 heterocycles. The summed E-state index contributed by atoms with van der Waals surface area (Å²) in [6, 6.07) is 5.37. The third kappa shape index (κ3) is 6.07. The van der Waals surface area contributed by atoms with Crippen LogP contribution in [0.1, 0.15) is 0 Å². The fourth-order valence-electron chi connectivity index (χ4n) is 2.61. The van der Waals surface area contributed by atoms with Gasteiger partial charge in [0.05, 0.1) is 5.75 Å². The summed E-state index contributed by atoms with van der Waals surface area (Å²) < 4.78 is 39.7. The molecule has 144 valence electrons. The van der Waals surface area contributed by atoms with Crippen LogP contribution >= 0.6 is 0 Å². The lowest BCUT2D eigenvalue weighted by atomic mass is 10.2. The summed E-state index contributed by atoms with van der Waals surface area (Å²) in [4.78, 5) is 2.03. The molecule has 1 aromatic rings. The molecule has 0 amide bonds. The standard InChI is InChI=1S/C17H26FN3O3SSi/c1-26(2,3)13-8-16(19-22)14-25(23,24)21-11-9-20(10-12-21)17-6-4-15(18)5-7-17/h4-7,16,19,22H,9-12,14H2,1-3H3. The average molecular weight is 400 g/mol. The maximum absolute atomic E-state index is 13.0. The van der Waals surface area contributed by atoms with Crippen LogP contribution < -0.4 is 10.4 Å². The van der Waals surface area contributed by atoms with Gasteiger partial charge in [0, 0.05) is 31.9 Å². The van der Waals surface area contributed by atoms with Crippen LogP contribution in [0.25, 0.3) is 0 Å². The Morgan fingerprint density at radius 3 is 2.27 bits per heavy atom. The van der Waals surface area contributed by atoms with Gasteiger partial charge in [-0.05, 0) is 24.3 Å². The molecule has 0 aromatic heterocycles. The number of halogens is 1. The number of sulfonamides is 1. The van der Waals surface area contributed by atoms with Crippen molar-refractivity contribution in [3.05, 3.63) is 30.1 Å². The van der Waals surface area contributed by atoms with Crippen LogP contribution in [0.2, 0.25) is 19.6 Å². The minimum atomic E-state index is -3.54. The van der Waals surface area contributed by atoms with E-state index in [0.717, 1.165) is 5.69 Å². The van der Waals surface area contributed by atoms with Gasteiger partial charge >= 0.3 is 0 Å². The summed E-state index contributed by atoms with van der Waals surface area (Å²) in [5.74, 6) is 2.28. The molecule has 1 atom stereocenters. The zero-order valence-corrected chi connectivity index (χ0v) is 17.2. The molecule has 1 aromatic carbocycles. The maximum Gasteiger partial charge on any atom is 0.216 e. The van der Waals surface area contributed by atoms with E-state index in [-0.39, 0.29) is 11.6 Å². The van der Waals surface area contributed by atoms with Crippen molar-refractivity contribution in [3.8, 4) is 11.5 Å². The van der Waals surface area contributed by atoms with Gasteiger partial charge in [-0.1, -0.05) is 25.6 Å². The monoisotopic (exact) mass is 399 g/mol. The summed E-state index contributed by atoms with van der Waals surface area (Å²) >= 11 is 0. The number of nitrogens with zero attached hydrogens (tertiary/aromatic N) is 2. The molecule has 26 heavy (non-hydrogen) atoms. The molecule has 0 saturated carbocycles. The van der Waals surface area contributed by atoms with Crippen LogP contribution in [0.3, 0.4) is 0 Å². The fourth-order valence-corrected chi connectivity index (χ4v) is 4.72. The Kier molecular flexibility index (Phi) is 6.82. The second-order valence-corrected chi connectivity index (χ2v) is 14.1. The van der Waals surface area contributed by atoms with E-state index in [1.807, 2.05) is 10.4 Å². The summed E-state index contributed by atoms with van der Waals surface area (Å²) in [5.41, 5.74) is 5.96. The Balaban J connectivity index is 1.98. The van der Waals surface area contributed by atoms with Gasteiger partial charge in [-0.2, -0.15) is 9.79 Å². The van der Waals surface area contributed by atoms with Crippen molar-refractivity contribution in [3.63, 3.8) is 0 Å². The second-order valence-electron chi connectivity index (χ2n) is 7.34.